The molecule has 0 radical (unpaired) electrons. The van der Waals surface area contributed by atoms with Gasteiger partial charge in [-0.15, -0.1) is 0 Å². The van der Waals surface area contributed by atoms with Gasteiger partial charge >= 0.3 is 0 Å². The van der Waals surface area contributed by atoms with Crippen molar-refractivity contribution in [3.05, 3.63) is 70.8 Å². The second-order valence-corrected chi connectivity index (χ2v) is 7.61. The van der Waals surface area contributed by atoms with Crippen molar-refractivity contribution in [2.45, 2.75) is 39.2 Å². The first-order chi connectivity index (χ1) is 12.8. The molecule has 0 aliphatic heterocycles. The van der Waals surface area contributed by atoms with Crippen LogP contribution in [0.5, 0.6) is 0 Å². The van der Waals surface area contributed by atoms with Crippen molar-refractivity contribution in [3.63, 3.8) is 0 Å². The van der Waals surface area contributed by atoms with Crippen molar-refractivity contribution in [3.8, 4) is 0 Å². The zero-order valence-corrected chi connectivity index (χ0v) is 16.3. The molecule has 0 heterocycles. The lowest BCUT2D eigenvalue weighted by Gasteiger charge is -2.19. The highest BCUT2D eigenvalue weighted by Gasteiger charge is 2.14. The molecule has 2 amide bonds. The second-order valence-electron chi connectivity index (χ2n) is 7.61. The summed E-state index contributed by atoms with van der Waals surface area (Å²) in [6, 6.07) is 14.9. The normalized spacial score (nSPS) is 11.1. The topological polar surface area (TPSA) is 84.2 Å². The van der Waals surface area contributed by atoms with E-state index in [1.807, 2.05) is 36.4 Å². The van der Waals surface area contributed by atoms with Crippen LogP contribution in [0.25, 0.3) is 0 Å². The molecule has 27 heavy (non-hydrogen) atoms. The zero-order valence-electron chi connectivity index (χ0n) is 16.3. The van der Waals surface area contributed by atoms with Gasteiger partial charge in [0.1, 0.15) is 0 Å². The monoisotopic (exact) mass is 367 g/mol. The van der Waals surface area contributed by atoms with Crippen LogP contribution in [0.2, 0.25) is 0 Å². The number of nitrogens with one attached hydrogen (secondary N) is 2. The number of nitrogens with two attached hydrogens (primary N) is 1. The SMILES string of the molecule is CC(C)(C)c1ccc(C(=O)NCc2ccc(C(=O)NCCCN)cc2)cc1. The summed E-state index contributed by atoms with van der Waals surface area (Å²) < 4.78 is 0. The van der Waals surface area contributed by atoms with Crippen LogP contribution < -0.4 is 16.4 Å². The number of carbonyl (C=O) groups is 2. The molecule has 0 bridgehead atoms. The minimum Gasteiger partial charge on any atom is -0.352 e. The van der Waals surface area contributed by atoms with Gasteiger partial charge in [-0.25, -0.2) is 0 Å². The number of carbonyl (C=O) groups excluding carboxylic acids is 2. The van der Waals surface area contributed by atoms with Crippen LogP contribution in [0.3, 0.4) is 0 Å². The average molecular weight is 367 g/mol. The van der Waals surface area contributed by atoms with Gasteiger partial charge in [0.15, 0.2) is 0 Å². The van der Waals surface area contributed by atoms with E-state index in [0.717, 1.165) is 12.0 Å². The number of hydrogen-bond donors (Lipinski definition) is 3. The molecule has 0 saturated carbocycles. The van der Waals surface area contributed by atoms with Gasteiger partial charge in [0.2, 0.25) is 0 Å². The van der Waals surface area contributed by atoms with Gasteiger partial charge in [-0.05, 0) is 53.8 Å². The lowest BCUT2D eigenvalue weighted by atomic mass is 9.87. The van der Waals surface area contributed by atoms with E-state index in [4.69, 9.17) is 5.73 Å². The first-order valence-electron chi connectivity index (χ1n) is 9.27. The third kappa shape index (κ3) is 6.22. The fraction of sp³-hybridized carbons (Fsp3) is 0.364. The number of hydrogen-bond acceptors (Lipinski definition) is 3. The van der Waals surface area contributed by atoms with Crippen LogP contribution in [0.15, 0.2) is 48.5 Å². The van der Waals surface area contributed by atoms with Gasteiger partial charge in [0, 0.05) is 24.2 Å². The first kappa shape index (κ1) is 20.6. The molecule has 0 fully saturated rings. The Bertz CT molecular complexity index is 760. The molecule has 2 rings (SSSR count). The van der Waals surface area contributed by atoms with Crippen molar-refractivity contribution in [2.75, 3.05) is 13.1 Å². The molecule has 0 saturated heterocycles. The molecule has 0 aliphatic carbocycles. The van der Waals surface area contributed by atoms with Crippen molar-refractivity contribution in [1.29, 1.82) is 0 Å². The highest BCUT2D eigenvalue weighted by atomic mass is 16.2. The van der Waals surface area contributed by atoms with Gasteiger partial charge in [0.05, 0.1) is 0 Å². The fourth-order valence-electron chi connectivity index (χ4n) is 2.59. The Labute approximate surface area is 161 Å². The lowest BCUT2D eigenvalue weighted by Crippen LogP contribution is -2.26. The maximum atomic E-state index is 12.3. The van der Waals surface area contributed by atoms with E-state index >= 15 is 0 Å². The zero-order chi connectivity index (χ0) is 19.9. The molecule has 2 aromatic rings. The Morgan fingerprint density at radius 1 is 0.852 bits per heavy atom. The highest BCUT2D eigenvalue weighted by Crippen LogP contribution is 2.22. The van der Waals surface area contributed by atoms with E-state index in [-0.39, 0.29) is 17.2 Å². The molecule has 4 N–H and O–H groups in total. The quantitative estimate of drug-likeness (QED) is 0.658. The molecule has 144 valence electrons. The maximum absolute atomic E-state index is 12.3. The summed E-state index contributed by atoms with van der Waals surface area (Å²) in [4.78, 5) is 24.3. The highest BCUT2D eigenvalue weighted by molar-refractivity contribution is 5.95. The summed E-state index contributed by atoms with van der Waals surface area (Å²) in [5.41, 5.74) is 8.84. The Hall–Kier alpha value is -2.66. The number of benzene rings is 2. The Morgan fingerprint density at radius 3 is 1.89 bits per heavy atom. The Morgan fingerprint density at radius 2 is 1.37 bits per heavy atom. The molecule has 2 aromatic carbocycles. The summed E-state index contributed by atoms with van der Waals surface area (Å²) in [6.07, 6.45) is 0.757. The molecular weight excluding hydrogens is 338 g/mol. The van der Waals surface area contributed by atoms with E-state index in [1.165, 1.54) is 5.56 Å². The van der Waals surface area contributed by atoms with Crippen LogP contribution in [0.4, 0.5) is 0 Å². The van der Waals surface area contributed by atoms with Crippen molar-refractivity contribution >= 4 is 11.8 Å². The smallest absolute Gasteiger partial charge is 0.251 e. The molecule has 5 heteroatoms. The molecule has 5 nitrogen and oxygen atoms in total. The summed E-state index contributed by atoms with van der Waals surface area (Å²) in [6.45, 7) is 7.96. The van der Waals surface area contributed by atoms with E-state index in [1.54, 1.807) is 12.1 Å². The Kier molecular flexibility index (Phi) is 7.13. The van der Waals surface area contributed by atoms with Gasteiger partial charge < -0.3 is 16.4 Å². The standard InChI is InChI=1S/C22H29N3O2/c1-22(2,3)19-11-9-18(10-12-19)21(27)25-15-16-5-7-17(8-6-16)20(26)24-14-4-13-23/h5-12H,4,13-15,23H2,1-3H3,(H,24,26)(H,25,27). The van der Waals surface area contributed by atoms with Gasteiger partial charge in [0.25, 0.3) is 11.8 Å². The van der Waals surface area contributed by atoms with E-state index in [2.05, 4.69) is 31.4 Å². The van der Waals surface area contributed by atoms with E-state index < -0.39 is 0 Å². The van der Waals surface area contributed by atoms with Crippen LogP contribution in [-0.4, -0.2) is 24.9 Å². The van der Waals surface area contributed by atoms with Gasteiger partial charge in [-0.1, -0.05) is 45.0 Å². The molecule has 0 unspecified atom stereocenters. The molecular formula is C22H29N3O2. The molecule has 0 spiro atoms. The largest absolute Gasteiger partial charge is 0.352 e. The maximum Gasteiger partial charge on any atom is 0.251 e. The summed E-state index contributed by atoms with van der Waals surface area (Å²) in [5, 5.41) is 5.73. The van der Waals surface area contributed by atoms with Crippen molar-refractivity contribution < 1.29 is 9.59 Å². The summed E-state index contributed by atoms with van der Waals surface area (Å²) in [7, 11) is 0. The molecule has 0 aliphatic rings. The minimum absolute atomic E-state index is 0.0629. The van der Waals surface area contributed by atoms with Gasteiger partial charge in [-0.2, -0.15) is 0 Å². The molecule has 0 aromatic heterocycles. The predicted octanol–water partition coefficient (Wildman–Crippen LogP) is 2.99. The number of rotatable bonds is 7. The third-order valence-electron chi connectivity index (χ3n) is 4.35. The van der Waals surface area contributed by atoms with Crippen LogP contribution in [0, 0.1) is 0 Å². The van der Waals surface area contributed by atoms with Crippen LogP contribution in [-0.2, 0) is 12.0 Å². The van der Waals surface area contributed by atoms with Crippen LogP contribution in [0.1, 0.15) is 59.0 Å². The molecule has 0 atom stereocenters. The predicted molar refractivity (Wildman–Crippen MR) is 109 cm³/mol. The number of amides is 2. The first-order valence-corrected chi connectivity index (χ1v) is 9.27. The summed E-state index contributed by atoms with van der Waals surface area (Å²) >= 11 is 0. The third-order valence-corrected chi connectivity index (χ3v) is 4.35. The minimum atomic E-state index is -0.113. The average Bonchev–Trinajstić information content (AvgIpc) is 2.66. The van der Waals surface area contributed by atoms with Crippen molar-refractivity contribution in [1.82, 2.24) is 10.6 Å². The Balaban J connectivity index is 1.88. The lowest BCUT2D eigenvalue weighted by molar-refractivity contribution is 0.0943. The van der Waals surface area contributed by atoms with Gasteiger partial charge in [-0.3, -0.25) is 9.59 Å². The summed E-state index contributed by atoms with van der Waals surface area (Å²) in [5.74, 6) is -0.225. The van der Waals surface area contributed by atoms with Crippen LogP contribution >= 0.6 is 0 Å². The van der Waals surface area contributed by atoms with Crippen molar-refractivity contribution in [2.24, 2.45) is 5.73 Å². The fourth-order valence-corrected chi connectivity index (χ4v) is 2.59. The van der Waals surface area contributed by atoms with E-state index in [0.29, 0.717) is 30.8 Å². The van der Waals surface area contributed by atoms with E-state index in [9.17, 15) is 9.59 Å². The second kappa shape index (κ2) is 9.33.